The van der Waals surface area contributed by atoms with Crippen LogP contribution in [0.1, 0.15) is 0 Å². The molecule has 0 saturated heterocycles. The van der Waals surface area contributed by atoms with E-state index in [1.807, 2.05) is 0 Å². The average molecular weight is 594 g/mol. The highest BCUT2D eigenvalue weighted by Crippen LogP contribution is 2.36. The Bertz CT molecular complexity index is 1980. The van der Waals surface area contributed by atoms with Crippen molar-refractivity contribution in [1.82, 2.24) is 0 Å². The van der Waals surface area contributed by atoms with E-state index in [0.717, 1.165) is 28.6 Å². The Balaban J connectivity index is 1.28. The van der Waals surface area contributed by atoms with E-state index in [9.17, 15) is 0 Å². The first kappa shape index (κ1) is 26.9. The van der Waals surface area contributed by atoms with Gasteiger partial charge < -0.3 is 9.64 Å². The monoisotopic (exact) mass is 593 g/mol. The van der Waals surface area contributed by atoms with Gasteiger partial charge in [-0.2, -0.15) is 0 Å². The summed E-state index contributed by atoms with van der Waals surface area (Å²) in [6.45, 7) is 0. The first-order chi connectivity index (χ1) is 22.3. The highest BCUT2D eigenvalue weighted by Gasteiger charge is 2.47. The number of para-hydroxylation sites is 3. The molecule has 1 aliphatic rings. The normalized spacial score (nSPS) is 12.8. The summed E-state index contributed by atoms with van der Waals surface area (Å²) in [6, 6.07) is 67.4. The fraction of sp³-hybridized carbons (Fsp3) is 0. The third kappa shape index (κ3) is 4.66. The summed E-state index contributed by atoms with van der Waals surface area (Å²) >= 11 is 0. The van der Waals surface area contributed by atoms with Crippen LogP contribution in [-0.4, -0.2) is 8.07 Å². The summed E-state index contributed by atoms with van der Waals surface area (Å²) in [5, 5.41) is 5.25. The van der Waals surface area contributed by atoms with Crippen molar-refractivity contribution in [3.8, 4) is 22.6 Å². The van der Waals surface area contributed by atoms with Crippen LogP contribution in [0.4, 0.5) is 17.1 Å². The summed E-state index contributed by atoms with van der Waals surface area (Å²) in [4.78, 5) is 2.30. The van der Waals surface area contributed by atoms with E-state index < -0.39 is 8.07 Å². The van der Waals surface area contributed by atoms with Crippen LogP contribution in [0, 0.1) is 0 Å². The lowest BCUT2D eigenvalue weighted by molar-refractivity contribution is 0.487. The molecule has 1 heterocycles. The van der Waals surface area contributed by atoms with E-state index in [4.69, 9.17) is 4.74 Å². The predicted molar refractivity (Wildman–Crippen MR) is 190 cm³/mol. The molecule has 0 aliphatic carbocycles. The second-order valence-electron chi connectivity index (χ2n) is 11.3. The van der Waals surface area contributed by atoms with Gasteiger partial charge in [-0.15, -0.1) is 0 Å². The average Bonchev–Trinajstić information content (AvgIpc) is 3.12. The summed E-state index contributed by atoms with van der Waals surface area (Å²) in [5.74, 6) is 1.89. The summed E-state index contributed by atoms with van der Waals surface area (Å²) in [6.07, 6.45) is 0. The molecule has 0 unspecified atom stereocenters. The number of hydrogen-bond donors (Lipinski definition) is 0. The Morgan fingerprint density at radius 3 is 1.38 bits per heavy atom. The first-order valence-electron chi connectivity index (χ1n) is 15.4. The van der Waals surface area contributed by atoms with Gasteiger partial charge in [0.15, 0.2) is 8.07 Å². The van der Waals surface area contributed by atoms with Crippen LogP contribution < -0.4 is 30.4 Å². The van der Waals surface area contributed by atoms with Gasteiger partial charge >= 0.3 is 0 Å². The zero-order chi connectivity index (χ0) is 30.1. The van der Waals surface area contributed by atoms with Crippen molar-refractivity contribution >= 4 is 45.9 Å². The van der Waals surface area contributed by atoms with Gasteiger partial charge in [0.1, 0.15) is 11.5 Å². The number of nitrogens with zero attached hydrogens (tertiary/aromatic N) is 1. The fourth-order valence-corrected chi connectivity index (χ4v) is 11.8. The van der Waals surface area contributed by atoms with Crippen molar-refractivity contribution in [2.24, 2.45) is 0 Å². The molecule has 7 aromatic carbocycles. The number of anilines is 3. The van der Waals surface area contributed by atoms with Crippen LogP contribution in [0.15, 0.2) is 188 Å². The van der Waals surface area contributed by atoms with Crippen molar-refractivity contribution in [3.63, 3.8) is 0 Å². The number of rotatable bonds is 6. The van der Waals surface area contributed by atoms with Crippen molar-refractivity contribution < 1.29 is 4.74 Å². The molecule has 7 aromatic rings. The molecule has 0 N–H and O–H groups in total. The molecule has 214 valence electrons. The maximum Gasteiger partial charge on any atom is 0.188 e. The van der Waals surface area contributed by atoms with Gasteiger partial charge in [-0.05, 0) is 80.4 Å². The minimum absolute atomic E-state index is 0.938. The third-order valence-electron chi connectivity index (χ3n) is 8.80. The molecule has 45 heavy (non-hydrogen) atoms. The number of benzene rings is 7. The molecule has 1 aliphatic heterocycles. The smallest absolute Gasteiger partial charge is 0.188 e. The quantitative estimate of drug-likeness (QED) is 0.180. The minimum Gasteiger partial charge on any atom is -0.458 e. The van der Waals surface area contributed by atoms with Crippen LogP contribution in [0.25, 0.3) is 11.1 Å². The standard InChI is InChI=1S/C42H31NOSi/c1-5-15-34(16-6-1)43(35-17-7-2-8-18-35)36-28-25-32(26-29-36)33-27-30-40-42(31-33)45(37-19-9-3-10-20-37,38-21-11-4-12-22-38)41-24-14-13-23-39(41)44-40/h1-31H. The molecule has 0 fully saturated rings. The van der Waals surface area contributed by atoms with E-state index in [1.165, 1.54) is 31.9 Å². The highest BCUT2D eigenvalue weighted by atomic mass is 28.3. The molecule has 0 spiro atoms. The Morgan fingerprint density at radius 2 is 0.800 bits per heavy atom. The van der Waals surface area contributed by atoms with Gasteiger partial charge in [-0.3, -0.25) is 0 Å². The molecule has 0 atom stereocenters. The maximum atomic E-state index is 6.64. The van der Waals surface area contributed by atoms with Gasteiger partial charge in [-0.25, -0.2) is 0 Å². The van der Waals surface area contributed by atoms with E-state index >= 15 is 0 Å². The maximum absolute atomic E-state index is 6.64. The highest BCUT2D eigenvalue weighted by molar-refractivity contribution is 7.20. The molecule has 8 rings (SSSR count). The van der Waals surface area contributed by atoms with E-state index in [0.29, 0.717) is 0 Å². The lowest BCUT2D eigenvalue weighted by atomic mass is 10.0. The summed E-state index contributed by atoms with van der Waals surface area (Å²) in [5.41, 5.74) is 5.72. The van der Waals surface area contributed by atoms with Gasteiger partial charge in [0.05, 0.1) is 0 Å². The predicted octanol–water partition coefficient (Wildman–Crippen LogP) is 8.31. The van der Waals surface area contributed by atoms with Gasteiger partial charge in [-0.1, -0.05) is 140 Å². The molecule has 2 nitrogen and oxygen atoms in total. The minimum atomic E-state index is -2.69. The largest absolute Gasteiger partial charge is 0.458 e. The number of fused-ring (bicyclic) bond motifs is 2. The second kappa shape index (κ2) is 11.5. The van der Waals surface area contributed by atoms with E-state index in [1.54, 1.807) is 0 Å². The van der Waals surface area contributed by atoms with Crippen molar-refractivity contribution in [1.29, 1.82) is 0 Å². The Hall–Kier alpha value is -5.64. The summed E-state index contributed by atoms with van der Waals surface area (Å²) < 4.78 is 6.64. The van der Waals surface area contributed by atoms with Crippen LogP contribution >= 0.6 is 0 Å². The van der Waals surface area contributed by atoms with Gasteiger partial charge in [0.2, 0.25) is 0 Å². The molecule has 0 radical (unpaired) electrons. The lowest BCUT2D eigenvalue weighted by Gasteiger charge is -2.39. The molecule has 0 aromatic heterocycles. The van der Waals surface area contributed by atoms with E-state index in [2.05, 4.69) is 193 Å². The second-order valence-corrected chi connectivity index (χ2v) is 15.1. The number of ether oxygens (including phenoxy) is 1. The number of hydrogen-bond acceptors (Lipinski definition) is 2. The molecular weight excluding hydrogens is 563 g/mol. The van der Waals surface area contributed by atoms with Crippen molar-refractivity contribution in [2.75, 3.05) is 4.90 Å². The van der Waals surface area contributed by atoms with Crippen LogP contribution in [0.3, 0.4) is 0 Å². The summed E-state index contributed by atoms with van der Waals surface area (Å²) in [7, 11) is -2.69. The van der Waals surface area contributed by atoms with Crippen LogP contribution in [0.5, 0.6) is 11.5 Å². The lowest BCUT2D eigenvalue weighted by Crippen LogP contribution is -2.76. The van der Waals surface area contributed by atoms with Crippen molar-refractivity contribution in [2.45, 2.75) is 0 Å². The molecular formula is C42H31NOSi. The Kier molecular flexibility index (Phi) is 6.86. The molecule has 3 heteroatoms. The van der Waals surface area contributed by atoms with Crippen molar-refractivity contribution in [3.05, 3.63) is 188 Å². The van der Waals surface area contributed by atoms with Gasteiger partial charge in [0, 0.05) is 17.1 Å². The van der Waals surface area contributed by atoms with E-state index in [-0.39, 0.29) is 0 Å². The molecule has 0 bridgehead atoms. The Labute approximate surface area is 265 Å². The van der Waals surface area contributed by atoms with Crippen LogP contribution in [0.2, 0.25) is 0 Å². The fourth-order valence-electron chi connectivity index (χ4n) is 6.79. The van der Waals surface area contributed by atoms with Gasteiger partial charge in [0.25, 0.3) is 0 Å². The SMILES string of the molecule is c1ccc(N(c2ccccc2)c2ccc(-c3ccc4c(c3)[Si](c3ccccc3)(c3ccccc3)c3ccccc3O4)cc2)cc1. The topological polar surface area (TPSA) is 12.5 Å². The third-order valence-corrected chi connectivity index (χ3v) is 13.6. The zero-order valence-corrected chi connectivity index (χ0v) is 25.8. The molecule has 0 amide bonds. The zero-order valence-electron chi connectivity index (χ0n) is 24.8. The Morgan fingerprint density at radius 1 is 0.356 bits per heavy atom. The molecule has 0 saturated carbocycles. The first-order valence-corrected chi connectivity index (χ1v) is 17.4. The van der Waals surface area contributed by atoms with Crippen LogP contribution in [-0.2, 0) is 0 Å².